The molecule has 0 aliphatic carbocycles. The van der Waals surface area contributed by atoms with Crippen LogP contribution in [0.5, 0.6) is 11.5 Å². The van der Waals surface area contributed by atoms with Crippen LogP contribution in [0.2, 0.25) is 0 Å². The average Bonchev–Trinajstić information content (AvgIpc) is 2.74. The minimum absolute atomic E-state index is 0.104. The van der Waals surface area contributed by atoms with E-state index in [0.717, 1.165) is 37.3 Å². The number of pyridine rings is 1. The van der Waals surface area contributed by atoms with Crippen LogP contribution >= 0.6 is 0 Å². The summed E-state index contributed by atoms with van der Waals surface area (Å²) in [7, 11) is 1.59. The predicted octanol–water partition coefficient (Wildman–Crippen LogP) is 4.13. The highest BCUT2D eigenvalue weighted by Gasteiger charge is 2.17. The van der Waals surface area contributed by atoms with Crippen LogP contribution in [-0.2, 0) is 4.79 Å². The summed E-state index contributed by atoms with van der Waals surface area (Å²) in [5.41, 5.74) is 1.73. The van der Waals surface area contributed by atoms with Crippen LogP contribution in [0.4, 0.5) is 11.5 Å². The maximum Gasteiger partial charge on any atom is 0.262 e. The normalized spacial score (nSPS) is 14.1. The molecule has 6 heteroatoms. The highest BCUT2D eigenvalue weighted by atomic mass is 16.5. The van der Waals surface area contributed by atoms with Gasteiger partial charge in [0.1, 0.15) is 0 Å². The topological polar surface area (TPSA) is 63.7 Å². The summed E-state index contributed by atoms with van der Waals surface area (Å²) in [4.78, 5) is 19.2. The number of hydrogen-bond acceptors (Lipinski definition) is 5. The molecular formula is C22H27N3O3. The molecule has 1 fully saturated rings. The van der Waals surface area contributed by atoms with Crippen LogP contribution in [0.15, 0.2) is 42.6 Å². The van der Waals surface area contributed by atoms with Crippen LogP contribution in [0.1, 0.15) is 31.7 Å². The van der Waals surface area contributed by atoms with Crippen molar-refractivity contribution in [2.24, 2.45) is 0 Å². The van der Waals surface area contributed by atoms with E-state index in [2.05, 4.69) is 15.2 Å². The number of benzene rings is 1. The van der Waals surface area contributed by atoms with Crippen LogP contribution in [0.25, 0.3) is 6.08 Å². The summed E-state index contributed by atoms with van der Waals surface area (Å²) < 4.78 is 11.1. The maximum absolute atomic E-state index is 12.5. The third-order valence-corrected chi connectivity index (χ3v) is 4.62. The first-order chi connectivity index (χ1) is 13.7. The Labute approximate surface area is 166 Å². The number of anilines is 2. The molecule has 1 saturated heterocycles. The molecular weight excluding hydrogens is 354 g/mol. The second-order valence-electron chi connectivity index (χ2n) is 6.67. The molecule has 6 nitrogen and oxygen atoms in total. The van der Waals surface area contributed by atoms with Crippen molar-refractivity contribution in [2.45, 2.75) is 26.2 Å². The molecule has 0 bridgehead atoms. The molecule has 0 saturated carbocycles. The van der Waals surface area contributed by atoms with Crippen LogP contribution in [-0.4, -0.2) is 37.7 Å². The van der Waals surface area contributed by atoms with Gasteiger partial charge in [-0.2, -0.15) is 0 Å². The number of amides is 1. The van der Waals surface area contributed by atoms with E-state index in [9.17, 15) is 4.79 Å². The van der Waals surface area contributed by atoms with Gasteiger partial charge >= 0.3 is 0 Å². The largest absolute Gasteiger partial charge is 0.493 e. The van der Waals surface area contributed by atoms with E-state index < -0.39 is 0 Å². The molecule has 1 aromatic heterocycles. The molecule has 1 aromatic carbocycles. The van der Waals surface area contributed by atoms with Crippen molar-refractivity contribution in [1.29, 1.82) is 0 Å². The van der Waals surface area contributed by atoms with E-state index in [1.54, 1.807) is 13.3 Å². The third-order valence-electron chi connectivity index (χ3n) is 4.62. The molecule has 3 rings (SSSR count). The van der Waals surface area contributed by atoms with Gasteiger partial charge in [-0.25, -0.2) is 4.98 Å². The summed E-state index contributed by atoms with van der Waals surface area (Å²) >= 11 is 0. The second kappa shape index (κ2) is 9.78. The van der Waals surface area contributed by atoms with E-state index in [1.807, 2.05) is 49.4 Å². The van der Waals surface area contributed by atoms with Crippen molar-refractivity contribution < 1.29 is 14.3 Å². The van der Waals surface area contributed by atoms with E-state index in [-0.39, 0.29) is 12.5 Å². The lowest BCUT2D eigenvalue weighted by molar-refractivity contribution is -0.118. The van der Waals surface area contributed by atoms with E-state index in [4.69, 9.17) is 9.47 Å². The van der Waals surface area contributed by atoms with Gasteiger partial charge < -0.3 is 19.7 Å². The fourth-order valence-corrected chi connectivity index (χ4v) is 3.28. The Morgan fingerprint density at radius 3 is 2.79 bits per heavy atom. The highest BCUT2D eigenvalue weighted by molar-refractivity contribution is 5.94. The maximum atomic E-state index is 12.5. The molecule has 2 aromatic rings. The van der Waals surface area contributed by atoms with Crippen molar-refractivity contribution in [3.63, 3.8) is 0 Å². The molecule has 1 N–H and O–H groups in total. The number of aromatic nitrogens is 1. The van der Waals surface area contributed by atoms with E-state index in [0.29, 0.717) is 17.2 Å². The van der Waals surface area contributed by atoms with Gasteiger partial charge in [0, 0.05) is 19.3 Å². The van der Waals surface area contributed by atoms with E-state index in [1.165, 1.54) is 6.42 Å². The van der Waals surface area contributed by atoms with Crippen LogP contribution in [0.3, 0.4) is 0 Å². The zero-order valence-corrected chi connectivity index (χ0v) is 16.5. The van der Waals surface area contributed by atoms with Crippen molar-refractivity contribution in [3.8, 4) is 11.5 Å². The molecule has 2 heterocycles. The fraction of sp³-hybridized carbons (Fsp3) is 0.364. The lowest BCUT2D eigenvalue weighted by atomic mass is 10.1. The number of hydrogen-bond donors (Lipinski definition) is 1. The van der Waals surface area contributed by atoms with Gasteiger partial charge in [0.05, 0.1) is 12.8 Å². The van der Waals surface area contributed by atoms with Crippen LogP contribution in [0, 0.1) is 0 Å². The number of ether oxygens (including phenoxy) is 2. The monoisotopic (exact) mass is 381 g/mol. The predicted molar refractivity (Wildman–Crippen MR) is 112 cm³/mol. The van der Waals surface area contributed by atoms with Gasteiger partial charge in [-0.3, -0.25) is 4.79 Å². The molecule has 0 radical (unpaired) electrons. The van der Waals surface area contributed by atoms with Gasteiger partial charge in [-0.1, -0.05) is 18.2 Å². The van der Waals surface area contributed by atoms with E-state index >= 15 is 0 Å². The summed E-state index contributed by atoms with van der Waals surface area (Å²) in [5.74, 6) is 1.72. The second-order valence-corrected chi connectivity index (χ2v) is 6.67. The lowest BCUT2D eigenvalue weighted by Crippen LogP contribution is -2.31. The van der Waals surface area contributed by atoms with Gasteiger partial charge in [-0.05, 0) is 56.0 Å². The summed E-state index contributed by atoms with van der Waals surface area (Å²) in [6, 6.07) is 9.31. The van der Waals surface area contributed by atoms with Crippen molar-refractivity contribution in [2.75, 3.05) is 37.0 Å². The Morgan fingerprint density at radius 2 is 2.04 bits per heavy atom. The number of nitrogens with zero attached hydrogens (tertiary/aromatic N) is 2. The number of methoxy groups -OCH3 is 1. The minimum Gasteiger partial charge on any atom is -0.493 e. The highest BCUT2D eigenvalue weighted by Crippen LogP contribution is 2.29. The number of allylic oxidation sites excluding steroid dienone is 1. The summed E-state index contributed by atoms with van der Waals surface area (Å²) in [6.45, 7) is 3.78. The molecule has 1 amide bonds. The van der Waals surface area contributed by atoms with Gasteiger partial charge in [0.2, 0.25) is 0 Å². The SMILES string of the molecule is CC=Cc1ccc(OCC(=O)Nc2cccnc2N2CCCCC2)c(OC)c1. The molecule has 148 valence electrons. The average molecular weight is 381 g/mol. The standard InChI is InChI=1S/C22H27N3O3/c1-3-8-17-10-11-19(20(15-17)27-2)28-16-21(26)24-18-9-7-12-23-22(18)25-13-5-4-6-14-25/h3,7-12,15H,4-6,13-14,16H2,1-2H3,(H,24,26). The number of rotatable bonds is 7. The van der Waals surface area contributed by atoms with Gasteiger partial charge in [0.15, 0.2) is 23.9 Å². The Morgan fingerprint density at radius 1 is 1.21 bits per heavy atom. The lowest BCUT2D eigenvalue weighted by Gasteiger charge is -2.29. The number of nitrogens with one attached hydrogen (secondary N) is 1. The Bertz CT molecular complexity index is 830. The number of carbonyl (C=O) groups is 1. The molecule has 1 aliphatic heterocycles. The summed E-state index contributed by atoms with van der Waals surface area (Å²) in [6.07, 6.45) is 9.23. The van der Waals surface area contributed by atoms with Crippen molar-refractivity contribution >= 4 is 23.5 Å². The molecule has 0 unspecified atom stereocenters. The quantitative estimate of drug-likeness (QED) is 0.781. The number of carbonyl (C=O) groups excluding carboxylic acids is 1. The van der Waals surface area contributed by atoms with Gasteiger partial charge in [-0.15, -0.1) is 0 Å². The number of piperidine rings is 1. The molecule has 1 aliphatic rings. The summed E-state index contributed by atoms with van der Waals surface area (Å²) in [5, 5.41) is 2.93. The third kappa shape index (κ3) is 5.03. The first-order valence-electron chi connectivity index (χ1n) is 9.64. The smallest absolute Gasteiger partial charge is 0.262 e. The minimum atomic E-state index is -0.231. The zero-order valence-electron chi connectivity index (χ0n) is 16.5. The van der Waals surface area contributed by atoms with Crippen molar-refractivity contribution in [3.05, 3.63) is 48.2 Å². The van der Waals surface area contributed by atoms with Gasteiger partial charge in [0.25, 0.3) is 5.91 Å². The molecule has 28 heavy (non-hydrogen) atoms. The van der Waals surface area contributed by atoms with Crippen LogP contribution < -0.4 is 19.7 Å². The molecule has 0 atom stereocenters. The zero-order chi connectivity index (χ0) is 19.8. The first-order valence-corrected chi connectivity index (χ1v) is 9.64. The Hall–Kier alpha value is -3.02. The Balaban J connectivity index is 1.64. The Kier molecular flexibility index (Phi) is 6.89. The first kappa shape index (κ1) is 19.7. The fourth-order valence-electron chi connectivity index (χ4n) is 3.28. The van der Waals surface area contributed by atoms with Crippen molar-refractivity contribution in [1.82, 2.24) is 4.98 Å². The molecule has 0 spiro atoms.